The number of hydrogen-bond acceptors (Lipinski definition) is 3. The number of fused-ring (bicyclic) bond motifs is 1. The second-order valence-corrected chi connectivity index (χ2v) is 6.30. The fraction of sp³-hybridized carbons (Fsp3) is 0.421. The van der Waals surface area contributed by atoms with Gasteiger partial charge in [-0.05, 0) is 24.3 Å². The number of carbonyl (C=O) groups is 1. The first kappa shape index (κ1) is 15.8. The van der Waals surface area contributed by atoms with E-state index in [-0.39, 0.29) is 5.91 Å². The SMILES string of the molecule is NC1(C(=O)NCCOc2cccc3ccccc23)CCCCC1. The molecule has 0 aliphatic heterocycles. The lowest BCUT2D eigenvalue weighted by atomic mass is 9.82. The Hall–Kier alpha value is -2.07. The topological polar surface area (TPSA) is 64.4 Å². The number of hydrogen-bond donors (Lipinski definition) is 2. The summed E-state index contributed by atoms with van der Waals surface area (Å²) < 4.78 is 5.83. The maximum Gasteiger partial charge on any atom is 0.240 e. The zero-order valence-corrected chi connectivity index (χ0v) is 13.4. The quantitative estimate of drug-likeness (QED) is 0.834. The zero-order chi connectivity index (χ0) is 16.1. The molecule has 4 nitrogen and oxygen atoms in total. The fourth-order valence-corrected chi connectivity index (χ4v) is 3.23. The minimum atomic E-state index is -0.683. The number of nitrogens with one attached hydrogen (secondary N) is 1. The molecule has 0 radical (unpaired) electrons. The molecule has 3 N–H and O–H groups in total. The molecule has 0 saturated heterocycles. The van der Waals surface area contributed by atoms with Crippen molar-refractivity contribution in [3.05, 3.63) is 42.5 Å². The Balaban J connectivity index is 1.52. The lowest BCUT2D eigenvalue weighted by Crippen LogP contribution is -2.55. The van der Waals surface area contributed by atoms with Crippen LogP contribution in [0.25, 0.3) is 10.8 Å². The first-order valence-corrected chi connectivity index (χ1v) is 8.37. The minimum Gasteiger partial charge on any atom is -0.491 e. The van der Waals surface area contributed by atoms with Crippen LogP contribution in [0.2, 0.25) is 0 Å². The Morgan fingerprint density at radius 3 is 2.65 bits per heavy atom. The lowest BCUT2D eigenvalue weighted by molar-refractivity contribution is -0.127. The van der Waals surface area contributed by atoms with Gasteiger partial charge < -0.3 is 15.8 Å². The van der Waals surface area contributed by atoms with Crippen molar-refractivity contribution >= 4 is 16.7 Å². The maximum absolute atomic E-state index is 12.3. The van der Waals surface area contributed by atoms with E-state index in [0.717, 1.165) is 42.2 Å². The monoisotopic (exact) mass is 312 g/mol. The number of nitrogens with two attached hydrogens (primary N) is 1. The number of carbonyl (C=O) groups excluding carboxylic acids is 1. The Kier molecular flexibility index (Phi) is 4.82. The van der Waals surface area contributed by atoms with E-state index in [0.29, 0.717) is 13.2 Å². The van der Waals surface area contributed by atoms with Gasteiger partial charge in [0.1, 0.15) is 12.4 Å². The molecule has 1 aliphatic carbocycles. The van der Waals surface area contributed by atoms with Gasteiger partial charge in [0.25, 0.3) is 0 Å². The van der Waals surface area contributed by atoms with Gasteiger partial charge in [0.15, 0.2) is 0 Å². The van der Waals surface area contributed by atoms with Crippen LogP contribution in [0.15, 0.2) is 42.5 Å². The summed E-state index contributed by atoms with van der Waals surface area (Å²) in [4.78, 5) is 12.3. The molecule has 2 aromatic rings. The van der Waals surface area contributed by atoms with E-state index in [4.69, 9.17) is 10.5 Å². The number of amides is 1. The molecule has 0 bridgehead atoms. The van der Waals surface area contributed by atoms with Gasteiger partial charge in [-0.2, -0.15) is 0 Å². The van der Waals surface area contributed by atoms with Crippen molar-refractivity contribution in [1.82, 2.24) is 5.32 Å². The van der Waals surface area contributed by atoms with Gasteiger partial charge in [-0.3, -0.25) is 4.79 Å². The Labute approximate surface area is 137 Å². The van der Waals surface area contributed by atoms with Crippen LogP contribution in [0.3, 0.4) is 0 Å². The van der Waals surface area contributed by atoms with E-state index >= 15 is 0 Å². The van der Waals surface area contributed by atoms with Crippen LogP contribution in [0.4, 0.5) is 0 Å². The summed E-state index contributed by atoms with van der Waals surface area (Å²) in [5.74, 6) is 0.802. The van der Waals surface area contributed by atoms with Crippen LogP contribution < -0.4 is 15.8 Å². The van der Waals surface area contributed by atoms with Crippen LogP contribution in [0, 0.1) is 0 Å². The van der Waals surface area contributed by atoms with E-state index < -0.39 is 5.54 Å². The summed E-state index contributed by atoms with van der Waals surface area (Å²) in [6, 6.07) is 14.1. The van der Waals surface area contributed by atoms with Crippen molar-refractivity contribution in [3.63, 3.8) is 0 Å². The zero-order valence-electron chi connectivity index (χ0n) is 13.4. The van der Waals surface area contributed by atoms with Gasteiger partial charge in [-0.1, -0.05) is 55.7 Å². The standard InChI is InChI=1S/C19H24N2O2/c20-19(11-4-1-5-12-19)18(22)21-13-14-23-17-10-6-8-15-7-2-3-9-16(15)17/h2-3,6-10H,1,4-5,11-14,20H2,(H,21,22). The van der Waals surface area contributed by atoms with Crippen molar-refractivity contribution in [1.29, 1.82) is 0 Å². The van der Waals surface area contributed by atoms with Crippen LogP contribution in [0.5, 0.6) is 5.75 Å². The first-order valence-electron chi connectivity index (χ1n) is 8.37. The van der Waals surface area contributed by atoms with Gasteiger partial charge in [0, 0.05) is 5.39 Å². The highest BCUT2D eigenvalue weighted by atomic mass is 16.5. The Morgan fingerprint density at radius 2 is 1.83 bits per heavy atom. The predicted molar refractivity (Wildman–Crippen MR) is 92.5 cm³/mol. The van der Waals surface area contributed by atoms with E-state index in [9.17, 15) is 4.79 Å². The third kappa shape index (κ3) is 3.64. The summed E-state index contributed by atoms with van der Waals surface area (Å²) in [6.45, 7) is 0.914. The molecule has 23 heavy (non-hydrogen) atoms. The second kappa shape index (κ2) is 7.01. The molecule has 0 aromatic heterocycles. The second-order valence-electron chi connectivity index (χ2n) is 6.30. The number of ether oxygens (including phenoxy) is 1. The molecular formula is C19H24N2O2. The largest absolute Gasteiger partial charge is 0.491 e. The molecule has 0 atom stereocenters. The van der Waals surface area contributed by atoms with Crippen LogP contribution in [-0.2, 0) is 4.79 Å². The van der Waals surface area contributed by atoms with Gasteiger partial charge in [-0.25, -0.2) is 0 Å². The van der Waals surface area contributed by atoms with Gasteiger partial charge in [0.2, 0.25) is 5.91 Å². The van der Waals surface area contributed by atoms with E-state index in [1.807, 2.05) is 30.3 Å². The van der Waals surface area contributed by atoms with Crippen molar-refractivity contribution in [2.45, 2.75) is 37.6 Å². The molecule has 122 valence electrons. The molecule has 2 aromatic carbocycles. The Morgan fingerprint density at radius 1 is 1.09 bits per heavy atom. The highest BCUT2D eigenvalue weighted by Gasteiger charge is 2.34. The van der Waals surface area contributed by atoms with Gasteiger partial charge in [-0.15, -0.1) is 0 Å². The Bertz CT molecular complexity index is 673. The van der Waals surface area contributed by atoms with Crippen molar-refractivity contribution in [2.75, 3.05) is 13.2 Å². The third-order valence-corrected chi connectivity index (χ3v) is 4.59. The predicted octanol–water partition coefficient (Wildman–Crippen LogP) is 3.00. The molecule has 3 rings (SSSR count). The fourth-order valence-electron chi connectivity index (χ4n) is 3.23. The van der Waals surface area contributed by atoms with Crippen LogP contribution in [0.1, 0.15) is 32.1 Å². The highest BCUT2D eigenvalue weighted by Crippen LogP contribution is 2.26. The molecular weight excluding hydrogens is 288 g/mol. The smallest absolute Gasteiger partial charge is 0.240 e. The summed E-state index contributed by atoms with van der Waals surface area (Å²) in [7, 11) is 0. The molecule has 4 heteroatoms. The lowest BCUT2D eigenvalue weighted by Gasteiger charge is -2.31. The van der Waals surface area contributed by atoms with Crippen molar-refractivity contribution in [2.24, 2.45) is 5.73 Å². The van der Waals surface area contributed by atoms with E-state index in [2.05, 4.69) is 17.4 Å². The molecule has 1 fully saturated rings. The minimum absolute atomic E-state index is 0.0429. The average Bonchev–Trinajstić information content (AvgIpc) is 2.59. The normalized spacial score (nSPS) is 16.9. The van der Waals surface area contributed by atoms with Gasteiger partial charge in [0.05, 0.1) is 12.1 Å². The van der Waals surface area contributed by atoms with Gasteiger partial charge >= 0.3 is 0 Å². The molecule has 0 heterocycles. The summed E-state index contributed by atoms with van der Waals surface area (Å²) in [5.41, 5.74) is 5.53. The molecule has 1 aliphatic rings. The van der Waals surface area contributed by atoms with Crippen LogP contribution in [-0.4, -0.2) is 24.6 Å². The van der Waals surface area contributed by atoms with Crippen molar-refractivity contribution in [3.8, 4) is 5.75 Å². The van der Waals surface area contributed by atoms with Crippen LogP contribution >= 0.6 is 0 Å². The third-order valence-electron chi connectivity index (χ3n) is 4.59. The molecule has 1 saturated carbocycles. The van der Waals surface area contributed by atoms with Crippen molar-refractivity contribution < 1.29 is 9.53 Å². The summed E-state index contributed by atoms with van der Waals surface area (Å²) in [6.07, 6.45) is 4.81. The van der Waals surface area contributed by atoms with E-state index in [1.165, 1.54) is 6.42 Å². The molecule has 0 unspecified atom stereocenters. The summed E-state index contributed by atoms with van der Waals surface area (Å²) >= 11 is 0. The first-order chi connectivity index (χ1) is 11.2. The van der Waals surface area contributed by atoms with E-state index in [1.54, 1.807) is 0 Å². The average molecular weight is 312 g/mol. The highest BCUT2D eigenvalue weighted by molar-refractivity contribution is 5.88. The summed E-state index contributed by atoms with van der Waals surface area (Å²) in [5, 5.41) is 5.16. The number of rotatable bonds is 5. The molecule has 0 spiro atoms. The number of benzene rings is 2. The molecule has 1 amide bonds. The maximum atomic E-state index is 12.3.